The lowest BCUT2D eigenvalue weighted by atomic mass is 9.94. The molecule has 3 aromatic rings. The van der Waals surface area contributed by atoms with E-state index in [9.17, 15) is 14.0 Å². The van der Waals surface area contributed by atoms with Gasteiger partial charge in [0.2, 0.25) is 11.8 Å². The molecule has 1 saturated carbocycles. The van der Waals surface area contributed by atoms with Crippen molar-refractivity contribution in [3.8, 4) is 0 Å². The highest BCUT2D eigenvalue weighted by Crippen LogP contribution is 2.23. The minimum Gasteiger partial charge on any atom is -0.352 e. The van der Waals surface area contributed by atoms with E-state index in [1.807, 2.05) is 48.5 Å². The van der Waals surface area contributed by atoms with Crippen molar-refractivity contribution in [3.63, 3.8) is 0 Å². The van der Waals surface area contributed by atoms with Crippen LogP contribution in [0.3, 0.4) is 0 Å². The summed E-state index contributed by atoms with van der Waals surface area (Å²) in [5.41, 5.74) is 2.74. The minimum absolute atomic E-state index is 0.121. The second kappa shape index (κ2) is 14.4. The number of rotatable bonds is 11. The number of hydrogen-bond donors (Lipinski definition) is 1. The molecule has 1 unspecified atom stereocenters. The molecule has 7 heteroatoms. The van der Waals surface area contributed by atoms with Crippen LogP contribution in [0.25, 0.3) is 0 Å². The number of carbonyl (C=O) groups is 2. The second-order valence-electron chi connectivity index (χ2n) is 9.78. The van der Waals surface area contributed by atoms with Crippen LogP contribution >= 0.6 is 23.4 Å². The maximum Gasteiger partial charge on any atom is 0.243 e. The van der Waals surface area contributed by atoms with Crippen molar-refractivity contribution in [2.75, 3.05) is 5.75 Å². The van der Waals surface area contributed by atoms with E-state index in [0.29, 0.717) is 17.2 Å². The third kappa shape index (κ3) is 8.34. The molecule has 0 heterocycles. The minimum atomic E-state index is -0.672. The monoisotopic (exact) mass is 552 g/mol. The molecule has 4 nitrogen and oxygen atoms in total. The Morgan fingerprint density at radius 3 is 2.32 bits per heavy atom. The van der Waals surface area contributed by atoms with Crippen molar-refractivity contribution < 1.29 is 14.0 Å². The Balaban J connectivity index is 1.56. The van der Waals surface area contributed by atoms with Crippen LogP contribution < -0.4 is 5.32 Å². The fourth-order valence-corrected chi connectivity index (χ4v) is 5.89. The summed E-state index contributed by atoms with van der Waals surface area (Å²) < 4.78 is 13.3. The van der Waals surface area contributed by atoms with E-state index < -0.39 is 6.04 Å². The first-order chi connectivity index (χ1) is 18.5. The third-order valence-electron chi connectivity index (χ3n) is 6.93. The zero-order valence-electron chi connectivity index (χ0n) is 21.5. The lowest BCUT2D eigenvalue weighted by Gasteiger charge is -2.33. The summed E-state index contributed by atoms with van der Waals surface area (Å²) in [5.74, 6) is 0.239. The van der Waals surface area contributed by atoms with Gasteiger partial charge in [0.25, 0.3) is 0 Å². The fraction of sp³-hybridized carbons (Fsp3) is 0.355. The predicted molar refractivity (Wildman–Crippen MR) is 154 cm³/mol. The highest BCUT2D eigenvalue weighted by atomic mass is 35.5. The van der Waals surface area contributed by atoms with Crippen LogP contribution in [0.4, 0.5) is 4.39 Å². The van der Waals surface area contributed by atoms with E-state index in [1.54, 1.807) is 23.1 Å². The molecule has 38 heavy (non-hydrogen) atoms. The van der Waals surface area contributed by atoms with Gasteiger partial charge < -0.3 is 10.2 Å². The van der Waals surface area contributed by atoms with Gasteiger partial charge in [-0.05, 0) is 47.7 Å². The standard InChI is InChI=1S/C31H34ClFN2O2S/c32-28-14-8-7-11-25(28)20-35(30(36)22-38-21-24-15-17-26(33)18-16-24)29(19-23-9-3-1-4-10-23)31(37)34-27-12-5-2-6-13-27/h1,3-4,7-11,14-18,27,29H,2,5-6,12-13,19-22H2,(H,34,37). The summed E-state index contributed by atoms with van der Waals surface area (Å²) in [6.45, 7) is 0.241. The van der Waals surface area contributed by atoms with Gasteiger partial charge in [-0.2, -0.15) is 0 Å². The first-order valence-electron chi connectivity index (χ1n) is 13.2. The molecule has 200 valence electrons. The molecule has 1 fully saturated rings. The lowest BCUT2D eigenvalue weighted by molar-refractivity contribution is -0.139. The van der Waals surface area contributed by atoms with Gasteiger partial charge in [-0.15, -0.1) is 11.8 Å². The van der Waals surface area contributed by atoms with E-state index in [2.05, 4.69) is 5.32 Å². The van der Waals surface area contributed by atoms with Gasteiger partial charge in [0, 0.05) is 29.8 Å². The average molecular weight is 553 g/mol. The Morgan fingerprint density at radius 2 is 1.61 bits per heavy atom. The van der Waals surface area contributed by atoms with Gasteiger partial charge in [0.05, 0.1) is 5.75 Å². The number of thioether (sulfide) groups is 1. The lowest BCUT2D eigenvalue weighted by Crippen LogP contribution is -2.53. The molecular weight excluding hydrogens is 519 g/mol. The molecule has 1 atom stereocenters. The van der Waals surface area contributed by atoms with Crippen molar-refractivity contribution in [2.45, 2.75) is 62.9 Å². The molecule has 1 N–H and O–H groups in total. The van der Waals surface area contributed by atoms with E-state index in [0.717, 1.165) is 42.4 Å². The quantitative estimate of drug-likeness (QED) is 0.284. The Hall–Kier alpha value is -2.83. The highest BCUT2D eigenvalue weighted by molar-refractivity contribution is 7.99. The van der Waals surface area contributed by atoms with Crippen LogP contribution in [-0.2, 0) is 28.3 Å². The summed E-state index contributed by atoms with van der Waals surface area (Å²) >= 11 is 7.95. The Kier molecular flexibility index (Phi) is 10.6. The zero-order chi connectivity index (χ0) is 26.7. The van der Waals surface area contributed by atoms with Gasteiger partial charge in [-0.1, -0.05) is 91.5 Å². The van der Waals surface area contributed by atoms with Crippen molar-refractivity contribution in [3.05, 3.63) is 106 Å². The molecule has 1 aliphatic rings. The molecule has 0 spiro atoms. The van der Waals surface area contributed by atoms with Crippen molar-refractivity contribution in [1.82, 2.24) is 10.2 Å². The summed E-state index contributed by atoms with van der Waals surface area (Å²) in [6, 6.07) is 23.0. The number of hydrogen-bond acceptors (Lipinski definition) is 3. The first-order valence-corrected chi connectivity index (χ1v) is 14.7. The molecule has 0 saturated heterocycles. The largest absolute Gasteiger partial charge is 0.352 e. The highest BCUT2D eigenvalue weighted by Gasteiger charge is 2.32. The molecule has 1 aliphatic carbocycles. The number of halogens is 2. The number of carbonyl (C=O) groups excluding carboxylic acids is 2. The predicted octanol–water partition coefficient (Wildman–Crippen LogP) is 6.80. The van der Waals surface area contributed by atoms with Crippen LogP contribution in [0, 0.1) is 5.82 Å². The van der Waals surface area contributed by atoms with Gasteiger partial charge in [-0.3, -0.25) is 9.59 Å². The number of nitrogens with zero attached hydrogens (tertiary/aromatic N) is 1. The summed E-state index contributed by atoms with van der Waals surface area (Å²) in [6.07, 6.45) is 5.76. The zero-order valence-corrected chi connectivity index (χ0v) is 23.0. The summed E-state index contributed by atoms with van der Waals surface area (Å²) in [4.78, 5) is 29.2. The molecule has 3 aromatic carbocycles. The number of nitrogens with one attached hydrogen (secondary N) is 1. The molecular formula is C31H34ClFN2O2S. The Labute approximate surface area is 234 Å². The van der Waals surface area contributed by atoms with Crippen molar-refractivity contribution in [1.29, 1.82) is 0 Å². The average Bonchev–Trinajstić information content (AvgIpc) is 2.93. The van der Waals surface area contributed by atoms with Gasteiger partial charge in [-0.25, -0.2) is 4.39 Å². The Bertz CT molecular complexity index is 1190. The van der Waals surface area contributed by atoms with E-state index >= 15 is 0 Å². The molecule has 0 aliphatic heterocycles. The molecule has 4 rings (SSSR count). The first kappa shape index (κ1) is 28.2. The smallest absolute Gasteiger partial charge is 0.243 e. The normalized spacial score (nSPS) is 14.6. The van der Waals surface area contributed by atoms with Crippen LogP contribution in [0.15, 0.2) is 78.9 Å². The fourth-order valence-electron chi connectivity index (χ4n) is 4.83. The van der Waals surface area contributed by atoms with Gasteiger partial charge >= 0.3 is 0 Å². The number of benzene rings is 3. The summed E-state index contributed by atoms with van der Waals surface area (Å²) in [5, 5.41) is 3.82. The van der Waals surface area contributed by atoms with Crippen molar-refractivity contribution in [2.24, 2.45) is 0 Å². The number of amides is 2. The SMILES string of the molecule is O=C(NC1CCCCC1)C(Cc1ccccc1)N(Cc1ccccc1Cl)C(=O)CSCc1ccc(F)cc1. The van der Waals surface area contributed by atoms with Crippen LogP contribution in [0.2, 0.25) is 5.02 Å². The van der Waals surface area contributed by atoms with Crippen molar-refractivity contribution >= 4 is 35.2 Å². The van der Waals surface area contributed by atoms with Crippen LogP contribution in [0.1, 0.15) is 48.8 Å². The molecule has 2 amide bonds. The molecule has 0 bridgehead atoms. The maximum absolute atomic E-state index is 13.8. The second-order valence-corrected chi connectivity index (χ2v) is 11.2. The maximum atomic E-state index is 13.8. The van der Waals surface area contributed by atoms with Crippen LogP contribution in [-0.4, -0.2) is 34.6 Å². The third-order valence-corrected chi connectivity index (χ3v) is 8.29. The topological polar surface area (TPSA) is 49.4 Å². The van der Waals surface area contributed by atoms with Crippen LogP contribution in [0.5, 0.6) is 0 Å². The van der Waals surface area contributed by atoms with E-state index in [-0.39, 0.29) is 36.0 Å². The Morgan fingerprint density at radius 1 is 0.921 bits per heavy atom. The molecule has 0 radical (unpaired) electrons. The molecule has 0 aromatic heterocycles. The van der Waals surface area contributed by atoms with E-state index in [1.165, 1.54) is 30.3 Å². The van der Waals surface area contributed by atoms with Gasteiger partial charge in [0.1, 0.15) is 11.9 Å². The van der Waals surface area contributed by atoms with Gasteiger partial charge in [0.15, 0.2) is 0 Å². The van der Waals surface area contributed by atoms with E-state index in [4.69, 9.17) is 11.6 Å². The summed E-state index contributed by atoms with van der Waals surface area (Å²) in [7, 11) is 0.